The van der Waals surface area contributed by atoms with E-state index < -0.39 is 10.9 Å². The molecular weight excluding hydrogens is 422 g/mol. The molecular formula is C25H23N3O3S. The van der Waals surface area contributed by atoms with Crippen LogP contribution >= 0.6 is 0 Å². The second-order valence-corrected chi connectivity index (χ2v) is 8.05. The first-order valence-corrected chi connectivity index (χ1v) is 11.5. The van der Waals surface area contributed by atoms with E-state index in [0.29, 0.717) is 28.6 Å². The zero-order valence-corrected chi connectivity index (χ0v) is 18.4. The first kappa shape index (κ1) is 21.5. The van der Waals surface area contributed by atoms with Crippen LogP contribution in [0.15, 0.2) is 84.9 Å². The number of amides is 1. The quantitative estimate of drug-likeness (QED) is 0.359. The molecule has 0 spiro atoms. The number of anilines is 1. The van der Waals surface area contributed by atoms with Crippen molar-refractivity contribution in [3.05, 3.63) is 96.1 Å². The Bertz CT molecular complexity index is 1310. The van der Waals surface area contributed by atoms with Crippen LogP contribution < -0.4 is 10.0 Å². The Morgan fingerprint density at radius 1 is 0.906 bits per heavy atom. The van der Waals surface area contributed by atoms with Gasteiger partial charge in [0.15, 0.2) is 0 Å². The van der Waals surface area contributed by atoms with E-state index in [9.17, 15) is 13.2 Å². The maximum absolute atomic E-state index is 13.6. The van der Waals surface area contributed by atoms with E-state index in [0.717, 1.165) is 5.56 Å². The van der Waals surface area contributed by atoms with Gasteiger partial charge in [-0.3, -0.25) is 9.52 Å². The van der Waals surface area contributed by atoms with E-state index in [1.807, 2.05) is 79.7 Å². The minimum absolute atomic E-state index is 0.173. The monoisotopic (exact) mass is 445 g/mol. The zero-order valence-electron chi connectivity index (χ0n) is 17.5. The smallest absolute Gasteiger partial charge is 0.254 e. The number of benzene rings is 3. The van der Waals surface area contributed by atoms with Crippen molar-refractivity contribution in [2.24, 2.45) is 0 Å². The van der Waals surface area contributed by atoms with Gasteiger partial charge in [0, 0.05) is 10.9 Å². The molecule has 0 radical (unpaired) electrons. The summed E-state index contributed by atoms with van der Waals surface area (Å²) >= 11 is 0. The number of nitrogens with zero attached hydrogens (tertiary/aromatic N) is 1. The Morgan fingerprint density at radius 3 is 2.19 bits per heavy atom. The van der Waals surface area contributed by atoms with E-state index in [2.05, 4.69) is 15.0 Å². The Balaban J connectivity index is 1.91. The highest BCUT2D eigenvalue weighted by Gasteiger charge is 2.24. The van der Waals surface area contributed by atoms with Crippen LogP contribution in [0.25, 0.3) is 22.2 Å². The van der Waals surface area contributed by atoms with Gasteiger partial charge in [0.25, 0.3) is 5.91 Å². The van der Waals surface area contributed by atoms with Crippen LogP contribution in [0, 0.1) is 0 Å². The normalized spacial score (nSPS) is 11.9. The van der Waals surface area contributed by atoms with E-state index in [1.165, 1.54) is 0 Å². The SMILES string of the molecule is CC[C@H](NC(=O)c1c(N[SH](=O)=O)c(-c2ccccc2)nc2ccccc12)c1ccccc1. The summed E-state index contributed by atoms with van der Waals surface area (Å²) < 4.78 is 25.9. The molecule has 1 aromatic heterocycles. The summed E-state index contributed by atoms with van der Waals surface area (Å²) in [7, 11) is -3.02. The Kier molecular flexibility index (Phi) is 6.47. The van der Waals surface area contributed by atoms with Gasteiger partial charge in [0.1, 0.15) is 0 Å². The van der Waals surface area contributed by atoms with Crippen molar-refractivity contribution in [2.75, 3.05) is 4.72 Å². The third-order valence-electron chi connectivity index (χ3n) is 5.29. The van der Waals surface area contributed by atoms with Gasteiger partial charge in [0.05, 0.1) is 28.5 Å². The van der Waals surface area contributed by atoms with Crippen LogP contribution in [-0.4, -0.2) is 19.3 Å². The fourth-order valence-corrected chi connectivity index (χ4v) is 4.19. The summed E-state index contributed by atoms with van der Waals surface area (Å²) in [4.78, 5) is 18.3. The number of pyridine rings is 1. The average molecular weight is 446 g/mol. The van der Waals surface area contributed by atoms with Crippen molar-refractivity contribution >= 4 is 33.4 Å². The van der Waals surface area contributed by atoms with Gasteiger partial charge < -0.3 is 5.32 Å². The van der Waals surface area contributed by atoms with Crippen LogP contribution in [0.2, 0.25) is 0 Å². The molecule has 0 unspecified atom stereocenters. The summed E-state index contributed by atoms with van der Waals surface area (Å²) in [6.07, 6.45) is 0.683. The van der Waals surface area contributed by atoms with Crippen LogP contribution in [-0.2, 0) is 10.9 Å². The molecule has 0 aliphatic heterocycles. The van der Waals surface area contributed by atoms with Crippen LogP contribution in [0.5, 0.6) is 0 Å². The van der Waals surface area contributed by atoms with Crippen LogP contribution in [0.4, 0.5) is 5.69 Å². The summed E-state index contributed by atoms with van der Waals surface area (Å²) in [5, 5.41) is 3.66. The van der Waals surface area contributed by atoms with Gasteiger partial charge in [-0.2, -0.15) is 0 Å². The average Bonchev–Trinajstić information content (AvgIpc) is 2.82. The molecule has 1 atom stereocenters. The summed E-state index contributed by atoms with van der Waals surface area (Å²) in [6, 6.07) is 25.9. The Labute approximate surface area is 188 Å². The fourth-order valence-electron chi connectivity index (χ4n) is 3.79. The van der Waals surface area contributed by atoms with Gasteiger partial charge in [-0.05, 0) is 18.1 Å². The third-order valence-corrected chi connectivity index (χ3v) is 5.69. The number of rotatable bonds is 7. The number of carbonyl (C=O) groups is 1. The molecule has 4 rings (SSSR count). The molecule has 6 nitrogen and oxygen atoms in total. The maximum atomic E-state index is 13.6. The molecule has 1 amide bonds. The van der Waals surface area contributed by atoms with E-state index >= 15 is 0 Å². The number of thiol groups is 1. The highest BCUT2D eigenvalue weighted by atomic mass is 32.2. The second-order valence-electron chi connectivity index (χ2n) is 7.31. The molecule has 7 heteroatoms. The molecule has 0 saturated carbocycles. The Morgan fingerprint density at radius 2 is 1.53 bits per heavy atom. The molecule has 32 heavy (non-hydrogen) atoms. The Hall–Kier alpha value is -3.71. The standard InChI is InChI=1S/C25H23N3O3S/c1-2-20(17-11-5-3-6-12-17)27-25(29)22-19-15-9-10-16-21(19)26-23(24(22)28-32(30)31)18-13-7-4-8-14-18/h3-16,20,32H,2H2,1H3,(H,27,29)(H,28,30,31)/t20-/m0/s1. The van der Waals surface area contributed by atoms with Crippen LogP contribution in [0.1, 0.15) is 35.3 Å². The molecule has 162 valence electrons. The van der Waals surface area contributed by atoms with Gasteiger partial charge >= 0.3 is 0 Å². The van der Waals surface area contributed by atoms with Crippen LogP contribution in [0.3, 0.4) is 0 Å². The lowest BCUT2D eigenvalue weighted by molar-refractivity contribution is 0.0938. The largest absolute Gasteiger partial charge is 0.345 e. The van der Waals surface area contributed by atoms with E-state index in [1.54, 1.807) is 12.1 Å². The molecule has 1 heterocycles. The number of hydrogen-bond donors (Lipinski definition) is 3. The molecule has 4 aromatic rings. The van der Waals surface area contributed by atoms with Gasteiger partial charge in [0.2, 0.25) is 10.9 Å². The van der Waals surface area contributed by atoms with Crippen molar-refractivity contribution < 1.29 is 13.2 Å². The molecule has 2 N–H and O–H groups in total. The predicted octanol–water partition coefficient (Wildman–Crippen LogP) is 4.72. The highest BCUT2D eigenvalue weighted by Crippen LogP contribution is 2.35. The number of hydrogen-bond acceptors (Lipinski definition) is 4. The number of carbonyl (C=O) groups excluding carboxylic acids is 1. The second kappa shape index (κ2) is 9.62. The van der Waals surface area contributed by atoms with E-state index in [-0.39, 0.29) is 23.2 Å². The molecule has 3 aromatic carbocycles. The lowest BCUT2D eigenvalue weighted by Gasteiger charge is -2.21. The van der Waals surface area contributed by atoms with Gasteiger partial charge in [-0.15, -0.1) is 0 Å². The lowest BCUT2D eigenvalue weighted by atomic mass is 9.99. The van der Waals surface area contributed by atoms with Crippen molar-refractivity contribution in [3.8, 4) is 11.3 Å². The number of para-hydroxylation sites is 1. The van der Waals surface area contributed by atoms with Crippen molar-refractivity contribution in [2.45, 2.75) is 19.4 Å². The number of aromatic nitrogens is 1. The maximum Gasteiger partial charge on any atom is 0.254 e. The predicted molar refractivity (Wildman–Crippen MR) is 128 cm³/mol. The topological polar surface area (TPSA) is 88.2 Å². The molecule has 0 aliphatic rings. The van der Waals surface area contributed by atoms with Gasteiger partial charge in [-0.1, -0.05) is 85.8 Å². The fraction of sp³-hybridized carbons (Fsp3) is 0.120. The molecule has 0 fully saturated rings. The molecule has 0 bridgehead atoms. The minimum Gasteiger partial charge on any atom is -0.345 e. The van der Waals surface area contributed by atoms with E-state index in [4.69, 9.17) is 0 Å². The summed E-state index contributed by atoms with van der Waals surface area (Å²) in [5.41, 5.74) is 3.13. The molecule has 0 aliphatic carbocycles. The van der Waals surface area contributed by atoms with Crippen molar-refractivity contribution in [1.82, 2.24) is 10.3 Å². The zero-order chi connectivity index (χ0) is 22.5. The first-order valence-electron chi connectivity index (χ1n) is 10.3. The number of nitrogens with one attached hydrogen (secondary N) is 2. The first-order chi connectivity index (χ1) is 15.6. The van der Waals surface area contributed by atoms with Crippen molar-refractivity contribution in [3.63, 3.8) is 0 Å². The third kappa shape index (κ3) is 4.48. The van der Waals surface area contributed by atoms with Gasteiger partial charge in [-0.25, -0.2) is 13.4 Å². The highest BCUT2D eigenvalue weighted by molar-refractivity contribution is 7.73. The summed E-state index contributed by atoms with van der Waals surface area (Å²) in [6.45, 7) is 1.99. The van der Waals surface area contributed by atoms with Crippen molar-refractivity contribution in [1.29, 1.82) is 0 Å². The molecule has 0 saturated heterocycles. The lowest BCUT2D eigenvalue weighted by Crippen LogP contribution is -2.29. The number of fused-ring (bicyclic) bond motifs is 1. The summed E-state index contributed by atoms with van der Waals surface area (Å²) in [5.74, 6) is -0.365. The minimum atomic E-state index is -3.02.